The normalized spacial score (nSPS) is 11.3. The van der Waals surface area contributed by atoms with Crippen molar-refractivity contribution < 1.29 is 9.47 Å². The lowest BCUT2D eigenvalue weighted by atomic mass is 10.2. The lowest BCUT2D eigenvalue weighted by molar-refractivity contribution is 0.284. The molecule has 4 aromatic rings. The number of nitrogens with zero attached hydrogens (tertiary/aromatic N) is 3. The Morgan fingerprint density at radius 2 is 1.85 bits per heavy atom. The minimum atomic E-state index is -0.263. The number of rotatable bonds is 6. The quantitative estimate of drug-likeness (QED) is 0.245. The molecule has 0 unspecified atom stereocenters. The van der Waals surface area contributed by atoms with Crippen molar-refractivity contribution in [1.29, 1.82) is 0 Å². The Kier molecular flexibility index (Phi) is 7.17. The molecule has 0 amide bonds. The molecule has 0 saturated carbocycles. The Balaban J connectivity index is 1.74. The molecule has 168 valence electrons. The van der Waals surface area contributed by atoms with Gasteiger partial charge in [0.15, 0.2) is 11.5 Å². The van der Waals surface area contributed by atoms with Gasteiger partial charge in [-0.2, -0.15) is 9.78 Å². The summed E-state index contributed by atoms with van der Waals surface area (Å²) in [5, 5.41) is 5.55. The molecule has 4 rings (SSSR count). The predicted molar refractivity (Wildman–Crippen MR) is 138 cm³/mol. The smallest absolute Gasteiger partial charge is 0.282 e. The molecule has 0 fully saturated rings. The van der Waals surface area contributed by atoms with E-state index >= 15 is 0 Å². The fraction of sp³-hybridized carbons (Fsp3) is 0.125. The largest absolute Gasteiger partial charge is 0.493 e. The van der Waals surface area contributed by atoms with Crippen molar-refractivity contribution in [1.82, 2.24) is 9.66 Å². The minimum absolute atomic E-state index is 0.263. The van der Waals surface area contributed by atoms with Crippen LogP contribution in [-0.2, 0) is 6.61 Å². The maximum absolute atomic E-state index is 13.0. The van der Waals surface area contributed by atoms with Crippen molar-refractivity contribution in [3.05, 3.63) is 95.9 Å². The highest BCUT2D eigenvalue weighted by atomic mass is 79.9. The molecule has 0 aliphatic carbocycles. The molecule has 0 radical (unpaired) electrons. The van der Waals surface area contributed by atoms with Crippen molar-refractivity contribution in [2.24, 2.45) is 5.10 Å². The van der Waals surface area contributed by atoms with Crippen molar-refractivity contribution in [2.45, 2.75) is 13.5 Å². The van der Waals surface area contributed by atoms with Crippen LogP contribution < -0.4 is 15.0 Å². The Hall–Kier alpha value is -2.68. The van der Waals surface area contributed by atoms with Crippen LogP contribution in [0, 0.1) is 6.92 Å². The summed E-state index contributed by atoms with van der Waals surface area (Å²) >= 11 is 12.9. The number of benzene rings is 3. The molecule has 6 nitrogen and oxygen atoms in total. The van der Waals surface area contributed by atoms with Gasteiger partial charge >= 0.3 is 0 Å². The van der Waals surface area contributed by atoms with E-state index < -0.39 is 0 Å². The van der Waals surface area contributed by atoms with E-state index in [1.807, 2.05) is 36.4 Å². The SMILES string of the molecule is COc1cc(Br)cc(C=Nn2c(C)nc3ccc(Br)cc3c2=O)c1OCc1ccc(Cl)cc1. The number of halogens is 3. The zero-order valence-corrected chi connectivity index (χ0v) is 21.6. The number of hydrogen-bond acceptors (Lipinski definition) is 5. The second-order valence-corrected chi connectivity index (χ2v) is 9.39. The van der Waals surface area contributed by atoms with E-state index in [9.17, 15) is 4.79 Å². The number of ether oxygens (including phenoxy) is 2. The Bertz CT molecular complexity index is 1420. The Morgan fingerprint density at radius 3 is 2.58 bits per heavy atom. The van der Waals surface area contributed by atoms with E-state index in [1.54, 1.807) is 38.4 Å². The van der Waals surface area contributed by atoms with Gasteiger partial charge < -0.3 is 9.47 Å². The number of fused-ring (bicyclic) bond motifs is 1. The zero-order valence-electron chi connectivity index (χ0n) is 17.7. The molecular formula is C24H18Br2ClN3O3. The predicted octanol–water partition coefficient (Wildman–Crippen LogP) is 6.35. The first kappa shape index (κ1) is 23.5. The monoisotopic (exact) mass is 589 g/mol. The maximum Gasteiger partial charge on any atom is 0.282 e. The second kappa shape index (κ2) is 10.1. The highest BCUT2D eigenvalue weighted by molar-refractivity contribution is 9.10. The fourth-order valence-electron chi connectivity index (χ4n) is 3.24. The van der Waals surface area contributed by atoms with Crippen LogP contribution in [0.5, 0.6) is 11.5 Å². The molecule has 1 aromatic heterocycles. The van der Waals surface area contributed by atoms with Gasteiger partial charge in [-0.1, -0.05) is 55.6 Å². The standard InChI is InChI=1S/C24H18Br2ClN3O3/c1-14-29-21-8-5-17(25)10-20(21)24(31)30(14)28-12-16-9-18(26)11-22(32-2)23(16)33-13-15-3-6-19(27)7-4-15/h3-12H,13H2,1-2H3. The van der Waals surface area contributed by atoms with Gasteiger partial charge in [-0.15, -0.1) is 0 Å². The fourth-order valence-corrected chi connectivity index (χ4v) is 4.18. The lowest BCUT2D eigenvalue weighted by Gasteiger charge is -2.14. The third-order valence-electron chi connectivity index (χ3n) is 4.85. The van der Waals surface area contributed by atoms with Gasteiger partial charge in [-0.3, -0.25) is 4.79 Å². The average molecular weight is 592 g/mol. The molecule has 0 saturated heterocycles. The minimum Gasteiger partial charge on any atom is -0.493 e. The number of aromatic nitrogens is 2. The van der Waals surface area contributed by atoms with Crippen LogP contribution in [0.3, 0.4) is 0 Å². The highest BCUT2D eigenvalue weighted by Crippen LogP contribution is 2.34. The van der Waals surface area contributed by atoms with Gasteiger partial charge in [-0.05, 0) is 55.0 Å². The number of aryl methyl sites for hydroxylation is 1. The Labute approximate surface area is 212 Å². The van der Waals surface area contributed by atoms with E-state index in [-0.39, 0.29) is 5.56 Å². The van der Waals surface area contributed by atoms with Crippen molar-refractivity contribution in [2.75, 3.05) is 7.11 Å². The molecule has 33 heavy (non-hydrogen) atoms. The zero-order chi connectivity index (χ0) is 23.5. The first-order chi connectivity index (χ1) is 15.9. The van der Waals surface area contributed by atoms with Gasteiger partial charge in [0.05, 0.1) is 24.2 Å². The summed E-state index contributed by atoms with van der Waals surface area (Å²) in [6, 6.07) is 16.4. The van der Waals surface area contributed by atoms with Crippen molar-refractivity contribution in [3.63, 3.8) is 0 Å². The van der Waals surface area contributed by atoms with Crippen LogP contribution in [0.4, 0.5) is 0 Å². The molecule has 0 N–H and O–H groups in total. The molecule has 9 heteroatoms. The third kappa shape index (κ3) is 5.29. The van der Waals surface area contributed by atoms with Crippen LogP contribution in [0.25, 0.3) is 10.9 Å². The highest BCUT2D eigenvalue weighted by Gasteiger charge is 2.13. The Morgan fingerprint density at radius 1 is 1.09 bits per heavy atom. The van der Waals surface area contributed by atoms with E-state index in [0.717, 1.165) is 14.5 Å². The summed E-state index contributed by atoms with van der Waals surface area (Å²) in [6.45, 7) is 2.04. The van der Waals surface area contributed by atoms with Gasteiger partial charge in [0, 0.05) is 19.5 Å². The van der Waals surface area contributed by atoms with Crippen LogP contribution in [0.2, 0.25) is 5.02 Å². The van der Waals surface area contributed by atoms with Crippen molar-refractivity contribution >= 4 is 60.6 Å². The van der Waals surface area contributed by atoms with Gasteiger partial charge in [0.25, 0.3) is 5.56 Å². The lowest BCUT2D eigenvalue weighted by Crippen LogP contribution is -2.20. The van der Waals surface area contributed by atoms with Gasteiger partial charge in [0.2, 0.25) is 0 Å². The molecule has 0 atom stereocenters. The van der Waals surface area contributed by atoms with Gasteiger partial charge in [0.1, 0.15) is 12.4 Å². The summed E-state index contributed by atoms with van der Waals surface area (Å²) in [7, 11) is 1.57. The average Bonchev–Trinajstić information content (AvgIpc) is 2.79. The topological polar surface area (TPSA) is 65.7 Å². The first-order valence-electron chi connectivity index (χ1n) is 9.84. The molecule has 3 aromatic carbocycles. The van der Waals surface area contributed by atoms with Crippen LogP contribution in [-0.4, -0.2) is 23.0 Å². The number of methoxy groups -OCH3 is 1. The van der Waals surface area contributed by atoms with Gasteiger partial charge in [-0.25, -0.2) is 4.98 Å². The summed E-state index contributed by atoms with van der Waals surface area (Å²) in [4.78, 5) is 17.5. The molecular weight excluding hydrogens is 574 g/mol. The second-order valence-electron chi connectivity index (χ2n) is 7.12. The van der Waals surface area contributed by atoms with Crippen molar-refractivity contribution in [3.8, 4) is 11.5 Å². The molecule has 0 aliphatic rings. The van der Waals surface area contributed by atoms with E-state index in [2.05, 4.69) is 41.9 Å². The van der Waals surface area contributed by atoms with Crippen LogP contribution in [0.15, 0.2) is 73.4 Å². The molecule has 0 spiro atoms. The van der Waals surface area contributed by atoms with Crippen LogP contribution in [0.1, 0.15) is 17.0 Å². The maximum atomic E-state index is 13.0. The van der Waals surface area contributed by atoms with E-state index in [1.165, 1.54) is 4.68 Å². The summed E-state index contributed by atoms with van der Waals surface area (Å²) in [5.74, 6) is 1.50. The first-order valence-corrected chi connectivity index (χ1v) is 11.8. The molecule has 0 aliphatic heterocycles. The molecule has 0 bridgehead atoms. The summed E-state index contributed by atoms with van der Waals surface area (Å²) in [6.07, 6.45) is 1.56. The number of hydrogen-bond donors (Lipinski definition) is 0. The third-order valence-corrected chi connectivity index (χ3v) is 6.05. The summed E-state index contributed by atoms with van der Waals surface area (Å²) < 4.78 is 14.5. The van der Waals surface area contributed by atoms with Crippen LogP contribution >= 0.6 is 43.5 Å². The van der Waals surface area contributed by atoms with E-state index in [4.69, 9.17) is 21.1 Å². The molecule has 1 heterocycles. The van der Waals surface area contributed by atoms with E-state index in [0.29, 0.717) is 45.4 Å². The summed E-state index contributed by atoms with van der Waals surface area (Å²) in [5.41, 5.74) is 1.93.